The van der Waals surface area contributed by atoms with E-state index in [1.165, 1.54) is 11.3 Å². The highest BCUT2D eigenvalue weighted by atomic mass is 32.1. The zero-order valence-corrected chi connectivity index (χ0v) is 17.1. The monoisotopic (exact) mass is 409 g/mol. The maximum absolute atomic E-state index is 12.7. The average Bonchev–Trinajstić information content (AvgIpc) is 3.20. The van der Waals surface area contributed by atoms with Gasteiger partial charge in [-0.05, 0) is 38.7 Å². The van der Waals surface area contributed by atoms with Crippen LogP contribution in [0.2, 0.25) is 0 Å². The predicted octanol–water partition coefficient (Wildman–Crippen LogP) is 2.24. The topological polar surface area (TPSA) is 87.1 Å². The molecule has 1 N–H and O–H groups in total. The molecule has 0 aromatic carbocycles. The van der Waals surface area contributed by atoms with E-state index < -0.39 is 0 Å². The minimum Gasteiger partial charge on any atom is -0.309 e. The Balaban J connectivity index is 1.54. The molecular weight excluding hydrogens is 386 g/mol. The summed E-state index contributed by atoms with van der Waals surface area (Å²) in [7, 11) is 2.11. The number of likely N-dealkylation sites (N-methyl/N-ethyl adjacent to an activating group) is 1. The van der Waals surface area contributed by atoms with E-state index in [0.717, 1.165) is 37.6 Å². The molecule has 0 aliphatic carbocycles. The molecule has 3 aromatic rings. The van der Waals surface area contributed by atoms with Crippen LogP contribution in [0.3, 0.4) is 0 Å². The molecule has 1 saturated heterocycles. The fraction of sp³-hybridized carbons (Fsp3) is 0.350. The lowest BCUT2D eigenvalue weighted by Crippen LogP contribution is -2.36. The number of carbonyl (C=O) groups is 1. The van der Waals surface area contributed by atoms with Crippen LogP contribution in [-0.2, 0) is 4.79 Å². The van der Waals surface area contributed by atoms with Crippen LogP contribution < -0.4 is 5.32 Å². The van der Waals surface area contributed by atoms with Crippen LogP contribution in [0.5, 0.6) is 0 Å². The minimum atomic E-state index is -0.0784. The molecule has 0 saturated carbocycles. The van der Waals surface area contributed by atoms with Crippen LogP contribution >= 0.6 is 11.3 Å². The first-order valence-electron chi connectivity index (χ1n) is 9.58. The lowest BCUT2D eigenvalue weighted by molar-refractivity contribution is -0.117. The van der Waals surface area contributed by atoms with Gasteiger partial charge in [-0.3, -0.25) is 14.7 Å². The number of anilines is 1. The van der Waals surface area contributed by atoms with Crippen LogP contribution in [0, 0.1) is 0 Å². The summed E-state index contributed by atoms with van der Waals surface area (Å²) >= 11 is 1.49. The first-order valence-corrected chi connectivity index (χ1v) is 10.5. The Hall–Kier alpha value is -2.75. The smallest absolute Gasteiger partial charge is 0.239 e. The quantitative estimate of drug-likeness (QED) is 0.691. The number of nitrogens with zero attached hydrogens (tertiary/aromatic N) is 6. The summed E-state index contributed by atoms with van der Waals surface area (Å²) < 4.78 is 0. The van der Waals surface area contributed by atoms with Crippen molar-refractivity contribution in [1.29, 1.82) is 0 Å². The molecule has 4 rings (SSSR count). The van der Waals surface area contributed by atoms with E-state index in [9.17, 15) is 4.79 Å². The maximum atomic E-state index is 12.7. The summed E-state index contributed by atoms with van der Waals surface area (Å²) in [5.74, 6) is 0.845. The lowest BCUT2D eigenvalue weighted by atomic mass is 10.3. The third-order valence-electron chi connectivity index (χ3n) is 4.72. The number of hydrogen-bond acceptors (Lipinski definition) is 8. The molecule has 4 heterocycles. The molecule has 3 aromatic heterocycles. The molecular formula is C20H23N7OS. The van der Waals surface area contributed by atoms with Crippen LogP contribution in [0.25, 0.3) is 22.2 Å². The molecule has 0 unspecified atom stereocenters. The molecule has 0 spiro atoms. The van der Waals surface area contributed by atoms with Crippen LogP contribution in [-0.4, -0.2) is 75.4 Å². The van der Waals surface area contributed by atoms with E-state index >= 15 is 0 Å². The van der Waals surface area contributed by atoms with Crippen LogP contribution in [0.4, 0.5) is 5.82 Å². The van der Waals surface area contributed by atoms with Gasteiger partial charge in [0.05, 0.1) is 6.54 Å². The number of thiazole rings is 1. The van der Waals surface area contributed by atoms with E-state index in [1.807, 2.05) is 23.6 Å². The van der Waals surface area contributed by atoms with E-state index in [0.29, 0.717) is 29.6 Å². The normalized spacial score (nSPS) is 15.8. The number of amides is 1. The molecule has 1 aliphatic heterocycles. The van der Waals surface area contributed by atoms with Crippen molar-refractivity contribution in [2.24, 2.45) is 0 Å². The Morgan fingerprint density at radius 3 is 2.83 bits per heavy atom. The van der Waals surface area contributed by atoms with E-state index in [1.54, 1.807) is 18.5 Å². The highest BCUT2D eigenvalue weighted by Crippen LogP contribution is 2.25. The van der Waals surface area contributed by atoms with Gasteiger partial charge in [-0.25, -0.2) is 15.0 Å². The first kappa shape index (κ1) is 19.6. The van der Waals surface area contributed by atoms with E-state index in [4.69, 9.17) is 0 Å². The van der Waals surface area contributed by atoms with Crippen molar-refractivity contribution in [3.05, 3.63) is 42.0 Å². The van der Waals surface area contributed by atoms with E-state index in [-0.39, 0.29) is 5.91 Å². The third-order valence-corrected chi connectivity index (χ3v) is 5.51. The molecule has 8 nitrogen and oxygen atoms in total. The van der Waals surface area contributed by atoms with Gasteiger partial charge < -0.3 is 10.2 Å². The Morgan fingerprint density at radius 2 is 2.03 bits per heavy atom. The number of hydrogen-bond donors (Lipinski definition) is 1. The first-order chi connectivity index (χ1) is 14.2. The number of pyridine rings is 1. The highest BCUT2D eigenvalue weighted by Gasteiger charge is 2.17. The molecule has 1 fully saturated rings. The maximum Gasteiger partial charge on any atom is 0.239 e. The summed E-state index contributed by atoms with van der Waals surface area (Å²) in [6.45, 7) is 4.19. The Kier molecular flexibility index (Phi) is 6.18. The summed E-state index contributed by atoms with van der Waals surface area (Å²) in [4.78, 5) is 34.9. The SMILES string of the molecule is CN1CCCN(CC(=O)Nc2cc(-c3nccs3)nc(-c3ccccn3)n2)CC1. The number of carbonyl (C=O) groups excluding carboxylic acids is 1. The summed E-state index contributed by atoms with van der Waals surface area (Å²) in [6, 6.07) is 7.34. The van der Waals surface area contributed by atoms with Crippen molar-refractivity contribution >= 4 is 23.1 Å². The second-order valence-corrected chi connectivity index (χ2v) is 7.89. The molecule has 150 valence electrons. The minimum absolute atomic E-state index is 0.0784. The van der Waals surface area contributed by atoms with Gasteiger partial charge in [0.1, 0.15) is 22.2 Å². The zero-order chi connectivity index (χ0) is 20.1. The molecule has 9 heteroatoms. The predicted molar refractivity (Wildman–Crippen MR) is 114 cm³/mol. The molecule has 1 amide bonds. The number of aromatic nitrogens is 4. The van der Waals surface area contributed by atoms with Crippen molar-refractivity contribution in [2.75, 3.05) is 45.1 Å². The Labute approximate surface area is 173 Å². The third kappa shape index (κ3) is 5.20. The van der Waals surface area contributed by atoms with Crippen LogP contribution in [0.15, 0.2) is 42.0 Å². The van der Waals surface area contributed by atoms with Gasteiger partial charge in [-0.15, -0.1) is 11.3 Å². The van der Waals surface area contributed by atoms with Crippen molar-refractivity contribution in [1.82, 2.24) is 29.7 Å². The van der Waals surface area contributed by atoms with Crippen LogP contribution in [0.1, 0.15) is 6.42 Å². The molecule has 1 aliphatic rings. The number of rotatable bonds is 5. The van der Waals surface area contributed by atoms with E-state index in [2.05, 4.69) is 42.1 Å². The summed E-state index contributed by atoms with van der Waals surface area (Å²) in [5, 5.41) is 5.61. The highest BCUT2D eigenvalue weighted by molar-refractivity contribution is 7.13. The molecule has 0 atom stereocenters. The Morgan fingerprint density at radius 1 is 1.10 bits per heavy atom. The molecule has 29 heavy (non-hydrogen) atoms. The zero-order valence-electron chi connectivity index (χ0n) is 16.3. The summed E-state index contributed by atoms with van der Waals surface area (Å²) in [6.07, 6.45) is 4.50. The van der Waals surface area contributed by atoms with Gasteiger partial charge in [0.25, 0.3) is 0 Å². The van der Waals surface area contributed by atoms with Gasteiger partial charge in [-0.2, -0.15) is 0 Å². The average molecular weight is 410 g/mol. The second kappa shape index (κ2) is 9.17. The van der Waals surface area contributed by atoms with Crippen molar-refractivity contribution < 1.29 is 4.79 Å². The lowest BCUT2D eigenvalue weighted by Gasteiger charge is -2.19. The molecule has 0 bridgehead atoms. The number of nitrogens with one attached hydrogen (secondary N) is 1. The molecule has 0 radical (unpaired) electrons. The fourth-order valence-corrected chi connectivity index (χ4v) is 3.82. The van der Waals surface area contributed by atoms with Crippen molar-refractivity contribution in [3.8, 4) is 22.2 Å². The van der Waals surface area contributed by atoms with Crippen molar-refractivity contribution in [2.45, 2.75) is 6.42 Å². The van der Waals surface area contributed by atoms with Gasteiger partial charge in [0.2, 0.25) is 5.91 Å². The standard InChI is InChI=1S/C20H23N7OS/c1-26-8-4-9-27(11-10-26)14-18(28)24-17-13-16(20-22-7-12-29-20)23-19(25-17)15-5-2-3-6-21-15/h2-3,5-7,12-13H,4,8-11,14H2,1H3,(H,23,24,25,28). The second-order valence-electron chi connectivity index (χ2n) is 7.00. The van der Waals surface area contributed by atoms with Gasteiger partial charge >= 0.3 is 0 Å². The Bertz CT molecular complexity index is 949. The fourth-order valence-electron chi connectivity index (χ4n) is 3.22. The van der Waals surface area contributed by atoms with Crippen molar-refractivity contribution in [3.63, 3.8) is 0 Å². The summed E-state index contributed by atoms with van der Waals surface area (Å²) in [5.41, 5.74) is 1.32. The van der Waals surface area contributed by atoms with Gasteiger partial charge in [0.15, 0.2) is 5.82 Å². The largest absolute Gasteiger partial charge is 0.309 e. The van der Waals surface area contributed by atoms with Gasteiger partial charge in [0, 0.05) is 36.9 Å². The van der Waals surface area contributed by atoms with Gasteiger partial charge in [-0.1, -0.05) is 6.07 Å².